The van der Waals surface area contributed by atoms with Gasteiger partial charge in [0.05, 0.1) is 30.8 Å². The summed E-state index contributed by atoms with van der Waals surface area (Å²) in [5, 5.41) is 8.36. The van der Waals surface area contributed by atoms with Crippen molar-refractivity contribution >= 4 is 50.5 Å². The summed E-state index contributed by atoms with van der Waals surface area (Å²) in [6.45, 7) is 5.73. The molecule has 21 heavy (non-hydrogen) atoms. The Kier molecular flexibility index (Phi) is 5.18. The van der Waals surface area contributed by atoms with Gasteiger partial charge < -0.3 is 0 Å². The van der Waals surface area contributed by atoms with Crippen molar-refractivity contribution in [2.45, 2.75) is 27.3 Å². The van der Waals surface area contributed by atoms with Crippen molar-refractivity contribution in [3.05, 3.63) is 37.2 Å². The third-order valence-electron chi connectivity index (χ3n) is 2.86. The molecule has 0 aromatic carbocycles. The first kappa shape index (κ1) is 16.2. The van der Waals surface area contributed by atoms with Crippen molar-refractivity contribution in [2.75, 3.05) is 0 Å². The first-order valence-corrected chi connectivity index (χ1v) is 8.15. The zero-order valence-electron chi connectivity index (χ0n) is 11.8. The summed E-state index contributed by atoms with van der Waals surface area (Å²) in [4.78, 5) is 12.8. The number of hydrogen-bond acceptors (Lipinski definition) is 4. The van der Waals surface area contributed by atoms with Crippen molar-refractivity contribution in [3.8, 4) is 0 Å². The molecule has 0 spiro atoms. The minimum Gasteiger partial charge on any atom is -0.271 e. The largest absolute Gasteiger partial charge is 0.271 e. The van der Waals surface area contributed by atoms with E-state index in [2.05, 4.69) is 31.6 Å². The Morgan fingerprint density at radius 2 is 2.24 bits per heavy atom. The van der Waals surface area contributed by atoms with Gasteiger partial charge in [-0.25, -0.2) is 5.43 Å². The van der Waals surface area contributed by atoms with Gasteiger partial charge in [-0.1, -0.05) is 11.6 Å². The lowest BCUT2D eigenvalue weighted by atomic mass is 10.3. The van der Waals surface area contributed by atoms with Crippen LogP contribution in [0.1, 0.15) is 23.2 Å². The molecule has 1 amide bonds. The van der Waals surface area contributed by atoms with Gasteiger partial charge in [-0.05, 0) is 48.8 Å². The fourth-order valence-corrected chi connectivity index (χ4v) is 2.98. The maximum Gasteiger partial charge on any atom is 0.261 e. The number of hydrazone groups is 1. The molecule has 2 rings (SSSR count). The van der Waals surface area contributed by atoms with Gasteiger partial charge in [0, 0.05) is 0 Å². The lowest BCUT2D eigenvalue weighted by Crippen LogP contribution is -2.25. The lowest BCUT2D eigenvalue weighted by molar-refractivity contribution is -0.121. The number of rotatable bonds is 4. The van der Waals surface area contributed by atoms with E-state index in [0.29, 0.717) is 4.34 Å². The van der Waals surface area contributed by atoms with Gasteiger partial charge in [-0.2, -0.15) is 10.2 Å². The molecule has 0 bridgehead atoms. The molecule has 0 aliphatic rings. The third-order valence-corrected chi connectivity index (χ3v) is 5.35. The van der Waals surface area contributed by atoms with E-state index in [-0.39, 0.29) is 12.5 Å². The van der Waals surface area contributed by atoms with Gasteiger partial charge in [0.15, 0.2) is 0 Å². The average molecular weight is 390 g/mol. The molecule has 0 saturated heterocycles. The highest BCUT2D eigenvalue weighted by atomic mass is 79.9. The van der Waals surface area contributed by atoms with Crippen LogP contribution in [0.5, 0.6) is 0 Å². The number of thiophene rings is 1. The topological polar surface area (TPSA) is 59.3 Å². The quantitative estimate of drug-likeness (QED) is 0.642. The van der Waals surface area contributed by atoms with E-state index in [1.807, 2.05) is 26.8 Å². The molecule has 0 atom stereocenters. The number of aryl methyl sites for hydroxylation is 1. The van der Waals surface area contributed by atoms with Crippen LogP contribution in [0.4, 0.5) is 0 Å². The fraction of sp³-hybridized carbons (Fsp3) is 0.308. The molecule has 2 aromatic rings. The summed E-state index contributed by atoms with van der Waals surface area (Å²) in [5.74, 6) is -0.227. The molecule has 0 fully saturated rings. The second-order valence-corrected chi connectivity index (χ2v) is 6.99. The summed E-state index contributed by atoms with van der Waals surface area (Å²) < 4.78 is 3.25. The van der Waals surface area contributed by atoms with Crippen LogP contribution in [0.2, 0.25) is 4.34 Å². The van der Waals surface area contributed by atoms with Gasteiger partial charge in [0.25, 0.3) is 5.91 Å². The summed E-state index contributed by atoms with van der Waals surface area (Å²) in [6, 6.07) is 3.67. The van der Waals surface area contributed by atoms with Crippen molar-refractivity contribution in [1.29, 1.82) is 0 Å². The fourth-order valence-electron chi connectivity index (χ4n) is 1.71. The predicted octanol–water partition coefficient (Wildman–Crippen LogP) is 3.52. The summed E-state index contributed by atoms with van der Waals surface area (Å²) in [5.41, 5.74) is 5.01. The van der Waals surface area contributed by atoms with E-state index in [0.717, 1.165) is 26.4 Å². The lowest BCUT2D eigenvalue weighted by Gasteiger charge is -2.04. The first-order chi connectivity index (χ1) is 9.88. The Morgan fingerprint density at radius 3 is 2.76 bits per heavy atom. The van der Waals surface area contributed by atoms with Crippen LogP contribution in [0, 0.1) is 13.8 Å². The van der Waals surface area contributed by atoms with Crippen LogP contribution >= 0.6 is 38.9 Å². The summed E-state index contributed by atoms with van der Waals surface area (Å²) in [7, 11) is 0. The van der Waals surface area contributed by atoms with Crippen LogP contribution in [0.25, 0.3) is 0 Å². The number of hydrogen-bond donors (Lipinski definition) is 1. The number of nitrogens with one attached hydrogen (secondary N) is 1. The zero-order chi connectivity index (χ0) is 15.6. The number of carbonyl (C=O) groups is 1. The minimum atomic E-state index is -0.227. The number of amides is 1. The molecule has 0 aliphatic heterocycles. The Morgan fingerprint density at radius 1 is 1.52 bits per heavy atom. The standard InChI is InChI=1S/C13H14BrClN4OS/c1-7(10-4-5-11(15)21-10)16-17-12(20)6-19-9(3)13(14)8(2)18-19/h4-5H,6H2,1-3H3,(H,17,20). The molecule has 2 aromatic heterocycles. The Labute approximate surface area is 140 Å². The number of halogens is 2. The van der Waals surface area contributed by atoms with E-state index < -0.39 is 0 Å². The average Bonchev–Trinajstić information content (AvgIpc) is 2.97. The third kappa shape index (κ3) is 3.93. The van der Waals surface area contributed by atoms with Gasteiger partial charge in [-0.15, -0.1) is 11.3 Å². The molecule has 0 aliphatic carbocycles. The minimum absolute atomic E-state index is 0.125. The molecule has 2 heterocycles. The normalized spacial score (nSPS) is 11.8. The number of aromatic nitrogens is 2. The second-order valence-electron chi connectivity index (χ2n) is 4.48. The molecule has 1 N–H and O–H groups in total. The van der Waals surface area contributed by atoms with Crippen LogP contribution in [-0.2, 0) is 11.3 Å². The molecule has 0 unspecified atom stereocenters. The highest BCUT2D eigenvalue weighted by molar-refractivity contribution is 9.10. The SMILES string of the molecule is CC(=NNC(=O)Cn1nc(C)c(Br)c1C)c1ccc(Cl)s1. The van der Waals surface area contributed by atoms with Crippen LogP contribution in [0.3, 0.4) is 0 Å². The van der Waals surface area contributed by atoms with Gasteiger partial charge in [0.2, 0.25) is 0 Å². The van der Waals surface area contributed by atoms with E-state index in [1.54, 1.807) is 10.7 Å². The molecule has 8 heteroatoms. The summed E-state index contributed by atoms with van der Waals surface area (Å²) >= 11 is 10.7. The van der Waals surface area contributed by atoms with Crippen molar-refractivity contribution in [3.63, 3.8) is 0 Å². The predicted molar refractivity (Wildman–Crippen MR) is 89.1 cm³/mol. The van der Waals surface area contributed by atoms with Gasteiger partial charge in [-0.3, -0.25) is 9.48 Å². The van der Waals surface area contributed by atoms with Crippen LogP contribution in [-0.4, -0.2) is 21.4 Å². The van der Waals surface area contributed by atoms with Crippen molar-refractivity contribution in [2.24, 2.45) is 5.10 Å². The van der Waals surface area contributed by atoms with Crippen LogP contribution in [0.15, 0.2) is 21.7 Å². The highest BCUT2D eigenvalue weighted by Crippen LogP contribution is 2.22. The zero-order valence-corrected chi connectivity index (χ0v) is 14.9. The number of carbonyl (C=O) groups excluding carboxylic acids is 1. The monoisotopic (exact) mass is 388 g/mol. The number of nitrogens with zero attached hydrogens (tertiary/aromatic N) is 3. The second kappa shape index (κ2) is 6.72. The first-order valence-electron chi connectivity index (χ1n) is 6.17. The maximum atomic E-state index is 11.9. The van der Waals surface area contributed by atoms with E-state index in [1.165, 1.54) is 11.3 Å². The Bertz CT molecular complexity index is 707. The molecule has 5 nitrogen and oxygen atoms in total. The maximum absolute atomic E-state index is 11.9. The van der Waals surface area contributed by atoms with Gasteiger partial charge in [0.1, 0.15) is 6.54 Å². The van der Waals surface area contributed by atoms with E-state index >= 15 is 0 Å². The highest BCUT2D eigenvalue weighted by Gasteiger charge is 2.11. The molecular weight excluding hydrogens is 376 g/mol. The van der Waals surface area contributed by atoms with E-state index in [9.17, 15) is 4.79 Å². The summed E-state index contributed by atoms with van der Waals surface area (Å²) in [6.07, 6.45) is 0. The van der Waals surface area contributed by atoms with Crippen molar-refractivity contribution < 1.29 is 4.79 Å². The Hall–Kier alpha value is -1.18. The molecule has 0 saturated carbocycles. The van der Waals surface area contributed by atoms with Crippen molar-refractivity contribution in [1.82, 2.24) is 15.2 Å². The Balaban J connectivity index is 2.00. The molecular formula is C13H14BrClN4OS. The molecule has 112 valence electrons. The smallest absolute Gasteiger partial charge is 0.261 e. The molecule has 0 radical (unpaired) electrons. The van der Waals surface area contributed by atoms with E-state index in [4.69, 9.17) is 11.6 Å². The van der Waals surface area contributed by atoms with Crippen LogP contribution < -0.4 is 5.43 Å². The van der Waals surface area contributed by atoms with Gasteiger partial charge >= 0.3 is 0 Å².